The van der Waals surface area contributed by atoms with Gasteiger partial charge in [-0.25, -0.2) is 8.42 Å². The maximum atomic E-state index is 12.4. The van der Waals surface area contributed by atoms with Gasteiger partial charge in [-0.05, 0) is 38.8 Å². The summed E-state index contributed by atoms with van der Waals surface area (Å²) < 4.78 is 24.8. The Hall–Kier alpha value is -0.870. The quantitative estimate of drug-likeness (QED) is 0.897. The molecule has 0 fully saturated rings. The van der Waals surface area contributed by atoms with Crippen molar-refractivity contribution in [1.82, 2.24) is 0 Å². The Kier molecular flexibility index (Phi) is 4.33. The molecular weight excluding hydrogens is 234 g/mol. The topological polar surface area (TPSA) is 60.2 Å². The van der Waals surface area contributed by atoms with Gasteiger partial charge in [0.05, 0.1) is 10.1 Å². The third kappa shape index (κ3) is 2.87. The zero-order valence-electron chi connectivity index (χ0n) is 10.9. The molecule has 0 saturated heterocycles. The highest BCUT2D eigenvalue weighted by atomic mass is 32.2. The molecule has 0 aromatic heterocycles. The van der Waals surface area contributed by atoms with Crippen LogP contribution >= 0.6 is 0 Å². The Balaban J connectivity index is 3.22. The molecule has 0 amide bonds. The van der Waals surface area contributed by atoms with Gasteiger partial charge < -0.3 is 5.73 Å². The number of aryl methyl sites for hydroxylation is 2. The Morgan fingerprint density at radius 3 is 2.35 bits per heavy atom. The van der Waals surface area contributed by atoms with Crippen LogP contribution in [0.4, 0.5) is 0 Å². The molecule has 0 spiro atoms. The van der Waals surface area contributed by atoms with E-state index in [1.165, 1.54) is 0 Å². The van der Waals surface area contributed by atoms with E-state index in [2.05, 4.69) is 0 Å². The average molecular weight is 255 g/mol. The summed E-state index contributed by atoms with van der Waals surface area (Å²) >= 11 is 0. The highest BCUT2D eigenvalue weighted by molar-refractivity contribution is 7.92. The van der Waals surface area contributed by atoms with Crippen molar-refractivity contribution in [2.24, 2.45) is 5.73 Å². The highest BCUT2D eigenvalue weighted by Gasteiger charge is 2.28. The normalized spacial score (nSPS) is 15.6. The molecule has 4 heteroatoms. The first-order chi connectivity index (χ1) is 7.80. The molecule has 2 atom stereocenters. The van der Waals surface area contributed by atoms with Crippen molar-refractivity contribution in [2.75, 3.05) is 0 Å². The molecule has 3 nitrogen and oxygen atoms in total. The van der Waals surface area contributed by atoms with E-state index < -0.39 is 15.1 Å². The van der Waals surface area contributed by atoms with Crippen LogP contribution in [0.25, 0.3) is 0 Å². The lowest BCUT2D eigenvalue weighted by Crippen LogP contribution is -2.38. The number of rotatable bonds is 4. The second kappa shape index (κ2) is 5.19. The van der Waals surface area contributed by atoms with E-state index in [0.717, 1.165) is 11.1 Å². The predicted molar refractivity (Wildman–Crippen MR) is 70.8 cm³/mol. The van der Waals surface area contributed by atoms with Gasteiger partial charge in [-0.1, -0.05) is 24.6 Å². The van der Waals surface area contributed by atoms with E-state index in [0.29, 0.717) is 11.3 Å². The van der Waals surface area contributed by atoms with Gasteiger partial charge in [-0.15, -0.1) is 0 Å². The van der Waals surface area contributed by atoms with Crippen molar-refractivity contribution >= 4 is 9.84 Å². The lowest BCUT2D eigenvalue weighted by atomic mass is 10.2. The number of hydrogen-bond donors (Lipinski definition) is 1. The molecule has 1 rings (SSSR count). The smallest absolute Gasteiger partial charge is 0.182 e. The third-order valence-corrected chi connectivity index (χ3v) is 5.60. The summed E-state index contributed by atoms with van der Waals surface area (Å²) in [5.74, 6) is 0. The first-order valence-electron chi connectivity index (χ1n) is 5.87. The molecule has 96 valence electrons. The van der Waals surface area contributed by atoms with Crippen LogP contribution in [0.5, 0.6) is 0 Å². The molecule has 1 aromatic rings. The first kappa shape index (κ1) is 14.2. The Morgan fingerprint density at radius 1 is 1.29 bits per heavy atom. The van der Waals surface area contributed by atoms with Crippen LogP contribution in [0.3, 0.4) is 0 Å². The molecule has 0 aliphatic heterocycles. The van der Waals surface area contributed by atoms with Gasteiger partial charge in [-0.3, -0.25) is 0 Å². The SMILES string of the molecule is CCC(N)C(C)S(=O)(=O)c1ccc(C)cc1C. The number of benzene rings is 1. The largest absolute Gasteiger partial charge is 0.327 e. The molecule has 0 heterocycles. The summed E-state index contributed by atoms with van der Waals surface area (Å²) in [6, 6.07) is 5.07. The summed E-state index contributed by atoms with van der Waals surface area (Å²) in [7, 11) is -3.32. The van der Waals surface area contributed by atoms with Gasteiger partial charge in [0.2, 0.25) is 0 Å². The van der Waals surface area contributed by atoms with Crippen LogP contribution in [-0.2, 0) is 9.84 Å². The number of hydrogen-bond acceptors (Lipinski definition) is 3. The van der Waals surface area contributed by atoms with Crippen LogP contribution in [0, 0.1) is 13.8 Å². The summed E-state index contributed by atoms with van der Waals surface area (Å²) in [4.78, 5) is 0.402. The van der Waals surface area contributed by atoms with Crippen LogP contribution in [0.2, 0.25) is 0 Å². The van der Waals surface area contributed by atoms with Crippen molar-refractivity contribution in [3.63, 3.8) is 0 Å². The third-order valence-electron chi connectivity index (χ3n) is 3.20. The average Bonchev–Trinajstić information content (AvgIpc) is 2.26. The fraction of sp³-hybridized carbons (Fsp3) is 0.538. The maximum Gasteiger partial charge on any atom is 0.182 e. The summed E-state index contributed by atoms with van der Waals surface area (Å²) in [5.41, 5.74) is 7.70. The molecule has 2 N–H and O–H groups in total. The standard InChI is InChI=1S/C13H21NO2S/c1-5-12(14)11(4)17(15,16)13-7-6-9(2)8-10(13)3/h6-8,11-12H,5,14H2,1-4H3. The molecular formula is C13H21NO2S. The van der Waals surface area contributed by atoms with Gasteiger partial charge in [0, 0.05) is 6.04 Å². The fourth-order valence-electron chi connectivity index (χ4n) is 1.88. The van der Waals surface area contributed by atoms with E-state index in [1.807, 2.05) is 32.9 Å². The number of nitrogens with two attached hydrogens (primary N) is 1. The van der Waals surface area contributed by atoms with Crippen molar-refractivity contribution in [3.05, 3.63) is 29.3 Å². The van der Waals surface area contributed by atoms with E-state index in [-0.39, 0.29) is 6.04 Å². The summed E-state index contributed by atoms with van der Waals surface area (Å²) in [6.07, 6.45) is 0.658. The van der Waals surface area contributed by atoms with Gasteiger partial charge in [0.25, 0.3) is 0 Å². The highest BCUT2D eigenvalue weighted by Crippen LogP contribution is 2.23. The first-order valence-corrected chi connectivity index (χ1v) is 7.42. The Bertz CT molecular complexity index is 494. The molecule has 1 aromatic carbocycles. The van der Waals surface area contributed by atoms with Crippen LogP contribution in [0.15, 0.2) is 23.1 Å². The Labute approximate surface area is 104 Å². The predicted octanol–water partition coefficient (Wildman–Crippen LogP) is 2.20. The molecule has 0 saturated carbocycles. The second-order valence-corrected chi connectivity index (χ2v) is 6.86. The minimum atomic E-state index is -3.32. The van der Waals surface area contributed by atoms with Crippen LogP contribution in [-0.4, -0.2) is 19.7 Å². The summed E-state index contributed by atoms with van der Waals surface area (Å²) in [5, 5.41) is -0.547. The minimum Gasteiger partial charge on any atom is -0.327 e. The van der Waals surface area contributed by atoms with Crippen molar-refractivity contribution in [3.8, 4) is 0 Å². The van der Waals surface area contributed by atoms with Gasteiger partial charge in [-0.2, -0.15) is 0 Å². The zero-order chi connectivity index (χ0) is 13.2. The maximum absolute atomic E-state index is 12.4. The molecule has 17 heavy (non-hydrogen) atoms. The van der Waals surface area contributed by atoms with Gasteiger partial charge in [0.15, 0.2) is 9.84 Å². The molecule has 0 aliphatic rings. The molecule has 0 aliphatic carbocycles. The van der Waals surface area contributed by atoms with E-state index >= 15 is 0 Å². The molecule has 2 unspecified atom stereocenters. The van der Waals surface area contributed by atoms with Crippen molar-refractivity contribution in [2.45, 2.75) is 50.3 Å². The van der Waals surface area contributed by atoms with E-state index in [4.69, 9.17) is 5.73 Å². The Morgan fingerprint density at radius 2 is 1.88 bits per heavy atom. The second-order valence-electron chi connectivity index (χ2n) is 4.59. The number of sulfone groups is 1. The van der Waals surface area contributed by atoms with Gasteiger partial charge in [0.1, 0.15) is 0 Å². The molecule has 0 radical (unpaired) electrons. The van der Waals surface area contributed by atoms with Crippen molar-refractivity contribution < 1.29 is 8.42 Å². The zero-order valence-corrected chi connectivity index (χ0v) is 11.7. The molecule has 0 bridgehead atoms. The monoisotopic (exact) mass is 255 g/mol. The van der Waals surface area contributed by atoms with Crippen molar-refractivity contribution in [1.29, 1.82) is 0 Å². The lowest BCUT2D eigenvalue weighted by molar-refractivity contribution is 0.551. The van der Waals surface area contributed by atoms with E-state index in [9.17, 15) is 8.42 Å². The lowest BCUT2D eigenvalue weighted by Gasteiger charge is -2.20. The minimum absolute atomic E-state index is 0.319. The van der Waals surface area contributed by atoms with E-state index in [1.54, 1.807) is 13.0 Å². The van der Waals surface area contributed by atoms with Gasteiger partial charge >= 0.3 is 0 Å². The fourth-order valence-corrected chi connectivity index (χ4v) is 3.70. The van der Waals surface area contributed by atoms with Crippen LogP contribution < -0.4 is 5.73 Å². The van der Waals surface area contributed by atoms with Crippen LogP contribution in [0.1, 0.15) is 31.4 Å². The summed E-state index contributed by atoms with van der Waals surface area (Å²) in [6.45, 7) is 7.36.